The highest BCUT2D eigenvalue weighted by molar-refractivity contribution is 8.18. The van der Waals surface area contributed by atoms with Gasteiger partial charge in [-0.05, 0) is 35.5 Å². The quantitative estimate of drug-likeness (QED) is 0.785. The first-order valence-corrected chi connectivity index (χ1v) is 8.18. The Hall–Kier alpha value is -1.83. The van der Waals surface area contributed by atoms with E-state index >= 15 is 0 Å². The molecule has 6 nitrogen and oxygen atoms in total. The highest BCUT2D eigenvalue weighted by Crippen LogP contribution is 2.32. The van der Waals surface area contributed by atoms with Crippen LogP contribution in [-0.2, 0) is 9.53 Å². The Kier molecular flexibility index (Phi) is 5.00. The summed E-state index contributed by atoms with van der Waals surface area (Å²) in [5.41, 5.74) is 0.834. The fraction of sp³-hybridized carbons (Fsp3) is 0.375. The lowest BCUT2D eigenvalue weighted by Gasteiger charge is -2.29. The molecule has 1 aromatic carbocycles. The number of hydrogen-bond donors (Lipinski definition) is 0. The van der Waals surface area contributed by atoms with Crippen LogP contribution in [0.4, 0.5) is 4.79 Å². The van der Waals surface area contributed by atoms with Crippen molar-refractivity contribution in [1.29, 1.82) is 0 Å². The van der Waals surface area contributed by atoms with Crippen LogP contribution < -0.4 is 4.74 Å². The van der Waals surface area contributed by atoms with Crippen molar-refractivity contribution >= 4 is 29.0 Å². The minimum atomic E-state index is -0.241. The van der Waals surface area contributed by atoms with Gasteiger partial charge in [-0.15, -0.1) is 0 Å². The van der Waals surface area contributed by atoms with Crippen LogP contribution in [0.3, 0.4) is 0 Å². The van der Waals surface area contributed by atoms with Crippen molar-refractivity contribution in [2.24, 2.45) is 0 Å². The van der Waals surface area contributed by atoms with Gasteiger partial charge in [0.15, 0.2) is 0 Å². The first-order valence-electron chi connectivity index (χ1n) is 7.37. The molecule has 23 heavy (non-hydrogen) atoms. The van der Waals surface area contributed by atoms with Crippen LogP contribution in [-0.4, -0.2) is 61.0 Å². The third-order valence-electron chi connectivity index (χ3n) is 3.71. The molecule has 2 saturated heterocycles. The van der Waals surface area contributed by atoms with E-state index in [2.05, 4.69) is 0 Å². The average Bonchev–Trinajstić information content (AvgIpc) is 2.83. The van der Waals surface area contributed by atoms with Gasteiger partial charge in [0.1, 0.15) is 5.75 Å². The molecule has 2 amide bonds. The number of nitrogens with zero attached hydrogens (tertiary/aromatic N) is 2. The van der Waals surface area contributed by atoms with E-state index in [1.807, 2.05) is 29.2 Å². The van der Waals surface area contributed by atoms with E-state index in [1.54, 1.807) is 13.2 Å². The Balaban J connectivity index is 1.73. The third kappa shape index (κ3) is 3.74. The van der Waals surface area contributed by atoms with Gasteiger partial charge in [0, 0.05) is 13.1 Å². The predicted molar refractivity (Wildman–Crippen MR) is 88.1 cm³/mol. The van der Waals surface area contributed by atoms with Gasteiger partial charge in [-0.3, -0.25) is 19.4 Å². The van der Waals surface area contributed by atoms with Crippen molar-refractivity contribution in [3.8, 4) is 5.75 Å². The molecule has 0 saturated carbocycles. The van der Waals surface area contributed by atoms with Crippen LogP contribution in [0, 0.1) is 0 Å². The van der Waals surface area contributed by atoms with Gasteiger partial charge in [0.2, 0.25) is 0 Å². The second-order valence-electron chi connectivity index (χ2n) is 5.26. The zero-order valence-corrected chi connectivity index (χ0v) is 13.7. The van der Waals surface area contributed by atoms with Crippen molar-refractivity contribution in [3.63, 3.8) is 0 Å². The Bertz CT molecular complexity index is 641. The van der Waals surface area contributed by atoms with E-state index in [0.29, 0.717) is 30.5 Å². The maximum Gasteiger partial charge on any atom is 0.294 e. The molecule has 7 heteroatoms. The minimum absolute atomic E-state index is 0.226. The van der Waals surface area contributed by atoms with E-state index in [9.17, 15) is 9.59 Å². The van der Waals surface area contributed by atoms with Crippen LogP contribution in [0.5, 0.6) is 5.75 Å². The predicted octanol–water partition coefficient (Wildman–Crippen LogP) is 2.02. The molecule has 0 N–H and O–H groups in total. The van der Waals surface area contributed by atoms with Crippen LogP contribution in [0.1, 0.15) is 5.56 Å². The largest absolute Gasteiger partial charge is 0.497 e. The van der Waals surface area contributed by atoms with Gasteiger partial charge in [0.25, 0.3) is 11.1 Å². The van der Waals surface area contributed by atoms with Crippen LogP contribution in [0.25, 0.3) is 6.08 Å². The molecule has 122 valence electrons. The first-order chi connectivity index (χ1) is 11.2. The molecule has 1 aromatic rings. The van der Waals surface area contributed by atoms with Crippen molar-refractivity contribution in [2.75, 3.05) is 40.1 Å². The highest BCUT2D eigenvalue weighted by atomic mass is 32.2. The summed E-state index contributed by atoms with van der Waals surface area (Å²) in [5, 5.41) is -0.226. The molecule has 0 atom stereocenters. The van der Waals surface area contributed by atoms with Crippen molar-refractivity contribution in [2.45, 2.75) is 0 Å². The van der Waals surface area contributed by atoms with Gasteiger partial charge < -0.3 is 9.47 Å². The van der Waals surface area contributed by atoms with E-state index in [1.165, 1.54) is 4.90 Å². The third-order valence-corrected chi connectivity index (χ3v) is 4.62. The number of methoxy groups -OCH3 is 1. The molecule has 2 heterocycles. The standard InChI is InChI=1S/C16H18N2O4S/c1-21-13-4-2-3-12(9-13)10-14-15(19)18(16(20)23-14)11-17-5-7-22-8-6-17/h2-4,9-10H,5-8,11H2,1H3/b14-10+. The summed E-state index contributed by atoms with van der Waals surface area (Å²) in [6.07, 6.45) is 1.73. The van der Waals surface area contributed by atoms with Crippen molar-refractivity contribution in [1.82, 2.24) is 9.80 Å². The lowest BCUT2D eigenvalue weighted by molar-refractivity contribution is -0.125. The number of thioether (sulfide) groups is 1. The summed E-state index contributed by atoms with van der Waals surface area (Å²) >= 11 is 0.978. The van der Waals surface area contributed by atoms with E-state index < -0.39 is 0 Å². The summed E-state index contributed by atoms with van der Waals surface area (Å²) in [7, 11) is 1.59. The minimum Gasteiger partial charge on any atom is -0.497 e. The molecule has 3 rings (SSSR count). The smallest absolute Gasteiger partial charge is 0.294 e. The van der Waals surface area contributed by atoms with Crippen LogP contribution >= 0.6 is 11.8 Å². The Morgan fingerprint density at radius 3 is 2.83 bits per heavy atom. The average molecular weight is 334 g/mol. The summed E-state index contributed by atoms with van der Waals surface area (Å²) in [5.74, 6) is 0.473. The SMILES string of the molecule is COc1cccc(/C=C2/SC(=O)N(CN3CCOCC3)C2=O)c1. The fourth-order valence-corrected chi connectivity index (χ4v) is 3.28. The number of imide groups is 1. The van der Waals surface area contributed by atoms with Crippen LogP contribution in [0.15, 0.2) is 29.2 Å². The molecule has 0 spiro atoms. The number of rotatable bonds is 4. The molecule has 0 aliphatic carbocycles. The molecular weight excluding hydrogens is 316 g/mol. The molecule has 2 fully saturated rings. The van der Waals surface area contributed by atoms with Gasteiger partial charge in [0.05, 0.1) is 31.9 Å². The zero-order chi connectivity index (χ0) is 16.2. The Morgan fingerprint density at radius 2 is 2.09 bits per heavy atom. The van der Waals surface area contributed by atoms with Gasteiger partial charge >= 0.3 is 0 Å². The second kappa shape index (κ2) is 7.16. The summed E-state index contributed by atoms with van der Waals surface area (Å²) < 4.78 is 10.5. The number of amides is 2. The number of hydrogen-bond acceptors (Lipinski definition) is 6. The van der Waals surface area contributed by atoms with Crippen molar-refractivity contribution < 1.29 is 19.1 Å². The molecule has 2 aliphatic heterocycles. The van der Waals surface area contributed by atoms with E-state index in [4.69, 9.17) is 9.47 Å². The monoisotopic (exact) mass is 334 g/mol. The lowest BCUT2D eigenvalue weighted by atomic mass is 10.2. The molecule has 0 radical (unpaired) electrons. The topological polar surface area (TPSA) is 59.1 Å². The maximum absolute atomic E-state index is 12.5. The number of benzene rings is 1. The van der Waals surface area contributed by atoms with Gasteiger partial charge in [-0.25, -0.2) is 0 Å². The highest BCUT2D eigenvalue weighted by Gasteiger charge is 2.36. The maximum atomic E-state index is 12.5. The fourth-order valence-electron chi connectivity index (χ4n) is 2.45. The van der Waals surface area contributed by atoms with E-state index in [-0.39, 0.29) is 11.1 Å². The number of morpholine rings is 1. The molecule has 0 bridgehead atoms. The zero-order valence-electron chi connectivity index (χ0n) is 12.9. The Morgan fingerprint density at radius 1 is 1.30 bits per heavy atom. The number of ether oxygens (including phenoxy) is 2. The normalized spacial score (nSPS) is 21.3. The second-order valence-corrected chi connectivity index (χ2v) is 6.25. The van der Waals surface area contributed by atoms with Crippen molar-refractivity contribution in [3.05, 3.63) is 34.7 Å². The Labute approximate surface area is 139 Å². The lowest BCUT2D eigenvalue weighted by Crippen LogP contribution is -2.45. The molecule has 2 aliphatic rings. The van der Waals surface area contributed by atoms with Gasteiger partial charge in [-0.2, -0.15) is 0 Å². The van der Waals surface area contributed by atoms with Crippen LogP contribution in [0.2, 0.25) is 0 Å². The number of carbonyl (C=O) groups is 2. The summed E-state index contributed by atoms with van der Waals surface area (Å²) in [6.45, 7) is 3.06. The molecular formula is C16H18N2O4S. The summed E-state index contributed by atoms with van der Waals surface area (Å²) in [6, 6.07) is 7.39. The first kappa shape index (κ1) is 16.0. The molecule has 0 aromatic heterocycles. The number of carbonyl (C=O) groups excluding carboxylic acids is 2. The summed E-state index contributed by atoms with van der Waals surface area (Å²) in [4.78, 5) is 28.4. The van der Waals surface area contributed by atoms with Gasteiger partial charge in [-0.1, -0.05) is 12.1 Å². The molecule has 0 unspecified atom stereocenters. The van der Waals surface area contributed by atoms with E-state index in [0.717, 1.165) is 30.4 Å².